The molecule has 0 saturated heterocycles. The molecule has 5 aromatic rings. The molecule has 0 bridgehead atoms. The summed E-state index contributed by atoms with van der Waals surface area (Å²) in [6, 6.07) is 24.8. The zero-order valence-electron chi connectivity index (χ0n) is 17.8. The van der Waals surface area contributed by atoms with Gasteiger partial charge < -0.3 is 9.15 Å². The van der Waals surface area contributed by atoms with Crippen LogP contribution < -0.4 is 10.3 Å². The Hall–Kier alpha value is -3.84. The Labute approximate surface area is 194 Å². The largest absolute Gasteiger partial charge is 0.487 e. The van der Waals surface area contributed by atoms with Crippen LogP contribution in [0.4, 0.5) is 0 Å². The fourth-order valence-electron chi connectivity index (χ4n) is 3.43. The SMILES string of the molecule is O=c1c2ccccc2nc(SCc2ccc(OCc3ccccn3)cc2)n1Cc1ccco1. The summed E-state index contributed by atoms with van der Waals surface area (Å²) in [6.07, 6.45) is 3.37. The molecule has 5 rings (SSSR count). The predicted molar refractivity (Wildman–Crippen MR) is 128 cm³/mol. The van der Waals surface area contributed by atoms with E-state index in [1.54, 1.807) is 23.1 Å². The van der Waals surface area contributed by atoms with Crippen LogP contribution in [0.5, 0.6) is 5.75 Å². The van der Waals surface area contributed by atoms with Crippen LogP contribution in [-0.2, 0) is 18.9 Å². The summed E-state index contributed by atoms with van der Waals surface area (Å²) in [5.74, 6) is 2.17. The highest BCUT2D eigenvalue weighted by Gasteiger charge is 2.13. The van der Waals surface area contributed by atoms with Gasteiger partial charge in [-0.05, 0) is 54.1 Å². The van der Waals surface area contributed by atoms with Crippen molar-refractivity contribution < 1.29 is 9.15 Å². The first kappa shape index (κ1) is 21.0. The van der Waals surface area contributed by atoms with Gasteiger partial charge in [0.25, 0.3) is 5.56 Å². The first-order valence-electron chi connectivity index (χ1n) is 10.5. The number of benzene rings is 2. The molecule has 3 heterocycles. The van der Waals surface area contributed by atoms with Crippen LogP contribution in [0.1, 0.15) is 17.0 Å². The summed E-state index contributed by atoms with van der Waals surface area (Å²) in [6.45, 7) is 0.765. The lowest BCUT2D eigenvalue weighted by molar-refractivity contribution is 0.301. The second-order valence-corrected chi connectivity index (χ2v) is 8.37. The van der Waals surface area contributed by atoms with Crippen LogP contribution in [0.25, 0.3) is 10.9 Å². The molecule has 7 heteroatoms. The Morgan fingerprint density at radius 2 is 1.79 bits per heavy atom. The average Bonchev–Trinajstić information content (AvgIpc) is 3.38. The molecular weight excluding hydrogens is 434 g/mol. The lowest BCUT2D eigenvalue weighted by atomic mass is 10.2. The monoisotopic (exact) mass is 455 g/mol. The number of rotatable bonds is 8. The van der Waals surface area contributed by atoms with Crippen molar-refractivity contribution in [2.45, 2.75) is 24.1 Å². The molecule has 33 heavy (non-hydrogen) atoms. The van der Waals surface area contributed by atoms with Gasteiger partial charge in [-0.25, -0.2) is 4.98 Å². The van der Waals surface area contributed by atoms with Gasteiger partial charge in [-0.1, -0.05) is 42.1 Å². The van der Waals surface area contributed by atoms with Crippen LogP contribution >= 0.6 is 11.8 Å². The Kier molecular flexibility index (Phi) is 6.21. The normalized spacial score (nSPS) is 11.0. The molecule has 0 aliphatic heterocycles. The summed E-state index contributed by atoms with van der Waals surface area (Å²) in [5, 5.41) is 1.26. The first-order valence-corrected chi connectivity index (χ1v) is 11.5. The number of thioether (sulfide) groups is 1. The van der Waals surface area contributed by atoms with Gasteiger partial charge in [-0.2, -0.15) is 0 Å². The quantitative estimate of drug-likeness (QED) is 0.233. The summed E-state index contributed by atoms with van der Waals surface area (Å²) in [7, 11) is 0. The highest BCUT2D eigenvalue weighted by Crippen LogP contribution is 2.24. The van der Waals surface area contributed by atoms with E-state index in [9.17, 15) is 4.79 Å². The molecule has 3 aromatic heterocycles. The number of hydrogen-bond donors (Lipinski definition) is 0. The lowest BCUT2D eigenvalue weighted by Gasteiger charge is -2.12. The number of nitrogens with zero attached hydrogens (tertiary/aromatic N) is 3. The van der Waals surface area contributed by atoms with E-state index in [2.05, 4.69) is 4.98 Å². The second kappa shape index (κ2) is 9.75. The Morgan fingerprint density at radius 3 is 2.58 bits per heavy atom. The Morgan fingerprint density at radius 1 is 0.939 bits per heavy atom. The molecule has 0 unspecified atom stereocenters. The van der Waals surface area contributed by atoms with Crippen LogP contribution in [0, 0.1) is 0 Å². The third-order valence-electron chi connectivity index (χ3n) is 5.12. The number of furan rings is 1. The number of aromatic nitrogens is 3. The minimum Gasteiger partial charge on any atom is -0.487 e. The van der Waals surface area contributed by atoms with Crippen molar-refractivity contribution in [3.05, 3.63) is 119 Å². The van der Waals surface area contributed by atoms with Gasteiger partial charge in [-0.3, -0.25) is 14.3 Å². The number of pyridine rings is 1. The molecule has 0 spiro atoms. The summed E-state index contributed by atoms with van der Waals surface area (Å²) in [5.41, 5.74) is 2.61. The van der Waals surface area contributed by atoms with Crippen LogP contribution in [0.15, 0.2) is 106 Å². The van der Waals surface area contributed by atoms with E-state index in [4.69, 9.17) is 14.1 Å². The molecule has 0 saturated carbocycles. The third kappa shape index (κ3) is 4.99. The van der Waals surface area contributed by atoms with E-state index in [0.29, 0.717) is 40.7 Å². The molecule has 0 fully saturated rings. The summed E-state index contributed by atoms with van der Waals surface area (Å²) < 4.78 is 13.0. The van der Waals surface area contributed by atoms with Gasteiger partial charge in [-0.15, -0.1) is 0 Å². The van der Waals surface area contributed by atoms with E-state index in [-0.39, 0.29) is 5.56 Å². The maximum absolute atomic E-state index is 13.2. The third-order valence-corrected chi connectivity index (χ3v) is 6.17. The maximum Gasteiger partial charge on any atom is 0.262 e. The van der Waals surface area contributed by atoms with Crippen molar-refractivity contribution in [3.63, 3.8) is 0 Å². The van der Waals surface area contributed by atoms with Crippen LogP contribution in [0.3, 0.4) is 0 Å². The minimum absolute atomic E-state index is 0.0715. The smallest absolute Gasteiger partial charge is 0.262 e. The molecule has 2 aromatic carbocycles. The standard InChI is InChI=1S/C26H21N3O3S/c30-25-23-8-1-2-9-24(23)28-26(29(25)16-22-7-5-15-31-22)33-18-19-10-12-21(13-11-19)32-17-20-6-3-4-14-27-20/h1-15H,16-18H2. The van der Waals surface area contributed by atoms with Crippen molar-refractivity contribution in [2.75, 3.05) is 0 Å². The number of fused-ring (bicyclic) bond motifs is 1. The summed E-state index contributed by atoms with van der Waals surface area (Å²) >= 11 is 1.53. The van der Waals surface area contributed by atoms with Gasteiger partial charge in [0.1, 0.15) is 18.1 Å². The molecule has 0 radical (unpaired) electrons. The van der Waals surface area contributed by atoms with Gasteiger partial charge >= 0.3 is 0 Å². The molecule has 164 valence electrons. The fourth-order valence-corrected chi connectivity index (χ4v) is 4.38. The highest BCUT2D eigenvalue weighted by atomic mass is 32.2. The van der Waals surface area contributed by atoms with Crippen molar-refractivity contribution in [3.8, 4) is 5.75 Å². The van der Waals surface area contributed by atoms with Crippen molar-refractivity contribution in [1.29, 1.82) is 0 Å². The lowest BCUT2D eigenvalue weighted by Crippen LogP contribution is -2.23. The zero-order valence-corrected chi connectivity index (χ0v) is 18.6. The van der Waals surface area contributed by atoms with Crippen molar-refractivity contribution >= 4 is 22.7 Å². The maximum atomic E-state index is 13.2. The fraction of sp³-hybridized carbons (Fsp3) is 0.115. The van der Waals surface area contributed by atoms with E-state index < -0.39 is 0 Å². The molecule has 0 atom stereocenters. The molecule has 0 aliphatic rings. The van der Waals surface area contributed by atoms with Crippen LogP contribution in [-0.4, -0.2) is 14.5 Å². The Balaban J connectivity index is 1.33. The minimum atomic E-state index is -0.0715. The molecule has 0 aliphatic carbocycles. The number of ether oxygens (including phenoxy) is 1. The van der Waals surface area contributed by atoms with Gasteiger partial charge in [0.15, 0.2) is 5.16 Å². The molecular formula is C26H21N3O3S. The molecule has 0 N–H and O–H groups in total. The zero-order chi connectivity index (χ0) is 22.5. The predicted octanol–water partition coefficient (Wildman–Crippen LogP) is 5.30. The topological polar surface area (TPSA) is 70.2 Å². The second-order valence-electron chi connectivity index (χ2n) is 7.42. The van der Waals surface area contributed by atoms with E-state index in [0.717, 1.165) is 17.0 Å². The molecule has 0 amide bonds. The van der Waals surface area contributed by atoms with Crippen LogP contribution in [0.2, 0.25) is 0 Å². The number of hydrogen-bond acceptors (Lipinski definition) is 6. The van der Waals surface area contributed by atoms with Gasteiger partial charge in [0, 0.05) is 11.9 Å². The highest BCUT2D eigenvalue weighted by molar-refractivity contribution is 7.98. The van der Waals surface area contributed by atoms with E-state index in [1.165, 1.54) is 11.8 Å². The summed E-state index contributed by atoms with van der Waals surface area (Å²) in [4.78, 5) is 22.2. The first-order chi connectivity index (χ1) is 16.3. The van der Waals surface area contributed by atoms with E-state index in [1.807, 2.05) is 72.8 Å². The molecule has 6 nitrogen and oxygen atoms in total. The van der Waals surface area contributed by atoms with E-state index >= 15 is 0 Å². The van der Waals surface area contributed by atoms with Crippen molar-refractivity contribution in [1.82, 2.24) is 14.5 Å². The number of para-hydroxylation sites is 1. The Bertz CT molecular complexity index is 1400. The van der Waals surface area contributed by atoms with Crippen molar-refractivity contribution in [2.24, 2.45) is 0 Å². The van der Waals surface area contributed by atoms with Gasteiger partial charge in [0.2, 0.25) is 0 Å². The average molecular weight is 456 g/mol. The van der Waals surface area contributed by atoms with Gasteiger partial charge in [0.05, 0.1) is 29.4 Å².